The highest BCUT2D eigenvalue weighted by Crippen LogP contribution is 2.32. The van der Waals surface area contributed by atoms with Gasteiger partial charge in [0.25, 0.3) is 5.91 Å². The van der Waals surface area contributed by atoms with E-state index in [1.54, 1.807) is 30.5 Å². The van der Waals surface area contributed by atoms with E-state index in [9.17, 15) is 18.0 Å². The van der Waals surface area contributed by atoms with E-state index in [2.05, 4.69) is 20.4 Å². The maximum Gasteiger partial charge on any atom is 0.406 e. The average Bonchev–Trinajstić information content (AvgIpc) is 3.39. The molecule has 1 aromatic carbocycles. The highest BCUT2D eigenvalue weighted by Gasteiger charge is 2.31. The van der Waals surface area contributed by atoms with Crippen LogP contribution in [0.25, 0.3) is 22.4 Å². The summed E-state index contributed by atoms with van der Waals surface area (Å²) >= 11 is 0. The fourth-order valence-electron chi connectivity index (χ4n) is 3.00. The first kappa shape index (κ1) is 18.6. The van der Waals surface area contributed by atoms with Gasteiger partial charge in [0.05, 0.1) is 23.3 Å². The number of benzene rings is 1. The normalized spacial score (nSPS) is 11.8. The van der Waals surface area contributed by atoms with Gasteiger partial charge in [-0.05, 0) is 24.3 Å². The summed E-state index contributed by atoms with van der Waals surface area (Å²) in [6.07, 6.45) is -1.33. The van der Waals surface area contributed by atoms with Crippen molar-refractivity contribution in [1.29, 1.82) is 0 Å². The molecule has 29 heavy (non-hydrogen) atoms. The van der Waals surface area contributed by atoms with Crippen LogP contribution in [0.4, 0.5) is 18.9 Å². The maximum absolute atomic E-state index is 13.1. The Labute approximate surface area is 161 Å². The minimum absolute atomic E-state index is 0.0317. The predicted molar refractivity (Wildman–Crippen MR) is 97.7 cm³/mol. The van der Waals surface area contributed by atoms with Crippen LogP contribution in [0.3, 0.4) is 0 Å². The lowest BCUT2D eigenvalue weighted by Crippen LogP contribution is -2.22. The number of rotatable bonds is 5. The first-order chi connectivity index (χ1) is 13.8. The molecule has 3 aromatic heterocycles. The van der Waals surface area contributed by atoms with Gasteiger partial charge in [-0.15, -0.1) is 0 Å². The molecule has 11 heteroatoms. The van der Waals surface area contributed by atoms with E-state index in [0.29, 0.717) is 22.2 Å². The number of carbonyl (C=O) groups excluding carboxylic acids is 1. The van der Waals surface area contributed by atoms with Crippen molar-refractivity contribution in [2.45, 2.75) is 19.3 Å². The third-order valence-electron chi connectivity index (χ3n) is 4.27. The summed E-state index contributed by atoms with van der Waals surface area (Å²) in [6, 6.07) is 7.80. The van der Waals surface area contributed by atoms with Crippen LogP contribution in [-0.2, 0) is 13.1 Å². The number of nitrogens with one attached hydrogen (secondary N) is 2. The topological polar surface area (TPSA) is 115 Å². The van der Waals surface area contributed by atoms with Crippen molar-refractivity contribution in [3.8, 4) is 11.5 Å². The van der Waals surface area contributed by atoms with Gasteiger partial charge < -0.3 is 25.1 Å². The number of amides is 1. The van der Waals surface area contributed by atoms with Gasteiger partial charge in [-0.1, -0.05) is 11.2 Å². The molecule has 0 saturated carbocycles. The van der Waals surface area contributed by atoms with Crippen LogP contribution < -0.4 is 11.1 Å². The van der Waals surface area contributed by atoms with E-state index in [-0.39, 0.29) is 29.9 Å². The molecule has 150 valence electrons. The van der Waals surface area contributed by atoms with Crippen LogP contribution in [0.2, 0.25) is 0 Å². The van der Waals surface area contributed by atoms with Gasteiger partial charge in [0, 0.05) is 23.5 Å². The maximum atomic E-state index is 13.1. The molecule has 1 amide bonds. The zero-order valence-electron chi connectivity index (χ0n) is 14.8. The minimum atomic E-state index is -4.46. The third-order valence-corrected chi connectivity index (χ3v) is 4.27. The number of aromatic amines is 1. The summed E-state index contributed by atoms with van der Waals surface area (Å²) in [5.41, 5.74) is 7.09. The van der Waals surface area contributed by atoms with Crippen molar-refractivity contribution in [1.82, 2.24) is 25.0 Å². The average molecular weight is 404 g/mol. The lowest BCUT2D eigenvalue weighted by molar-refractivity contribution is -0.139. The van der Waals surface area contributed by atoms with Crippen LogP contribution in [-0.4, -0.2) is 31.8 Å². The number of nitrogens with zero attached hydrogens (tertiary/aromatic N) is 3. The lowest BCUT2D eigenvalue weighted by atomic mass is 10.2. The monoisotopic (exact) mass is 404 g/mol. The molecular weight excluding hydrogens is 389 g/mol. The number of hydrogen-bond donors (Lipinski definition) is 3. The SMILES string of the molecule is Nc1cccc2c1cc(-c1noc(CNC(=O)c3cc[nH]c3)n1)n2CC(F)(F)F. The fourth-order valence-corrected chi connectivity index (χ4v) is 3.00. The van der Waals surface area contributed by atoms with Crippen LogP contribution in [0.5, 0.6) is 0 Å². The molecule has 4 N–H and O–H groups in total. The first-order valence-electron chi connectivity index (χ1n) is 8.50. The molecule has 4 aromatic rings. The van der Waals surface area contributed by atoms with Gasteiger partial charge in [-0.3, -0.25) is 4.79 Å². The van der Waals surface area contributed by atoms with E-state index >= 15 is 0 Å². The zero-order chi connectivity index (χ0) is 20.6. The predicted octanol–water partition coefficient (Wildman–Crippen LogP) is 3.09. The fraction of sp³-hybridized carbons (Fsp3) is 0.167. The van der Waals surface area contributed by atoms with E-state index in [4.69, 9.17) is 10.3 Å². The van der Waals surface area contributed by atoms with Gasteiger partial charge in [-0.25, -0.2) is 0 Å². The number of nitrogens with two attached hydrogens (primary N) is 1. The van der Waals surface area contributed by atoms with Crippen molar-refractivity contribution >= 4 is 22.5 Å². The molecule has 3 heterocycles. The van der Waals surface area contributed by atoms with Gasteiger partial charge in [0.15, 0.2) is 0 Å². The van der Waals surface area contributed by atoms with Crippen molar-refractivity contribution < 1.29 is 22.5 Å². The lowest BCUT2D eigenvalue weighted by Gasteiger charge is -2.11. The Balaban J connectivity index is 1.64. The summed E-state index contributed by atoms with van der Waals surface area (Å²) < 4.78 is 45.5. The molecule has 0 aliphatic rings. The quantitative estimate of drug-likeness (QED) is 0.442. The van der Waals surface area contributed by atoms with Gasteiger partial charge in [0.2, 0.25) is 11.7 Å². The van der Waals surface area contributed by atoms with Gasteiger partial charge in [-0.2, -0.15) is 18.2 Å². The number of nitrogen functional groups attached to an aromatic ring is 1. The van der Waals surface area contributed by atoms with Crippen LogP contribution in [0.1, 0.15) is 16.2 Å². The van der Waals surface area contributed by atoms with Crippen molar-refractivity contribution in [2.24, 2.45) is 0 Å². The van der Waals surface area contributed by atoms with Crippen molar-refractivity contribution in [3.63, 3.8) is 0 Å². The Morgan fingerprint density at radius 2 is 2.14 bits per heavy atom. The summed E-state index contributed by atoms with van der Waals surface area (Å²) in [4.78, 5) is 18.8. The highest BCUT2D eigenvalue weighted by molar-refractivity contribution is 5.95. The number of fused-ring (bicyclic) bond motifs is 1. The molecule has 0 bridgehead atoms. The molecule has 0 saturated heterocycles. The summed E-state index contributed by atoms with van der Waals surface area (Å²) in [5.74, 6) is -0.332. The van der Waals surface area contributed by atoms with E-state index in [1.807, 2.05) is 0 Å². The van der Waals surface area contributed by atoms with Crippen LogP contribution in [0, 0.1) is 0 Å². The molecule has 0 spiro atoms. The van der Waals surface area contributed by atoms with Crippen molar-refractivity contribution in [2.75, 3.05) is 5.73 Å². The summed E-state index contributed by atoms with van der Waals surface area (Å²) in [6.45, 7) is -1.30. The standard InChI is InChI=1S/C18H15F3N6O2/c19-18(20,21)9-27-13-3-1-2-12(22)11(13)6-14(27)16-25-15(29-26-16)8-24-17(28)10-4-5-23-7-10/h1-7,23H,8-9,22H2,(H,24,28). The molecular formula is C18H15F3N6O2. The second-order valence-corrected chi connectivity index (χ2v) is 6.31. The van der Waals surface area contributed by atoms with Gasteiger partial charge in [0.1, 0.15) is 6.54 Å². The molecule has 0 atom stereocenters. The molecule has 8 nitrogen and oxygen atoms in total. The Hall–Kier alpha value is -3.76. The number of hydrogen-bond acceptors (Lipinski definition) is 5. The molecule has 0 fully saturated rings. The summed E-state index contributed by atoms with van der Waals surface area (Å²) in [5, 5.41) is 6.82. The highest BCUT2D eigenvalue weighted by atomic mass is 19.4. The summed E-state index contributed by atoms with van der Waals surface area (Å²) in [7, 11) is 0. The molecule has 0 aliphatic heterocycles. The molecule has 0 radical (unpaired) electrons. The van der Waals surface area contributed by atoms with Crippen molar-refractivity contribution in [3.05, 3.63) is 54.2 Å². The first-order valence-corrected chi connectivity index (χ1v) is 8.50. The second kappa shape index (κ2) is 7.00. The number of alkyl halides is 3. The van der Waals surface area contributed by atoms with E-state index in [1.165, 1.54) is 12.3 Å². The molecule has 4 rings (SSSR count). The number of anilines is 1. The smallest absolute Gasteiger partial charge is 0.398 e. The van der Waals surface area contributed by atoms with Crippen LogP contribution >= 0.6 is 0 Å². The Morgan fingerprint density at radius 1 is 1.31 bits per heavy atom. The minimum Gasteiger partial charge on any atom is -0.398 e. The molecule has 0 unspecified atom stereocenters. The van der Waals surface area contributed by atoms with E-state index < -0.39 is 12.7 Å². The Kier molecular flexibility index (Phi) is 4.49. The van der Waals surface area contributed by atoms with Crippen LogP contribution in [0.15, 0.2) is 47.2 Å². The van der Waals surface area contributed by atoms with E-state index in [0.717, 1.165) is 4.57 Å². The number of H-pyrrole nitrogens is 1. The third kappa shape index (κ3) is 3.79. The number of carbonyl (C=O) groups is 1. The zero-order valence-corrected chi connectivity index (χ0v) is 14.8. The Morgan fingerprint density at radius 3 is 2.86 bits per heavy atom. The number of aromatic nitrogens is 4. The Bertz CT molecular complexity index is 1160. The number of halogens is 3. The second-order valence-electron chi connectivity index (χ2n) is 6.31. The molecule has 0 aliphatic carbocycles. The van der Waals surface area contributed by atoms with Gasteiger partial charge >= 0.3 is 6.18 Å². The largest absolute Gasteiger partial charge is 0.406 e.